The maximum absolute atomic E-state index is 12.2. The van der Waals surface area contributed by atoms with Crippen LogP contribution in [-0.4, -0.2) is 35.1 Å². The number of nitrogens with zero attached hydrogens (tertiary/aromatic N) is 1. The Morgan fingerprint density at radius 3 is 2.67 bits per heavy atom. The van der Waals surface area contributed by atoms with E-state index in [9.17, 15) is 9.59 Å². The van der Waals surface area contributed by atoms with Crippen LogP contribution in [0.4, 0.5) is 10.5 Å². The molecule has 0 saturated heterocycles. The molecular weight excluding hydrogens is 336 g/mol. The second-order valence-electron chi connectivity index (χ2n) is 5.27. The lowest BCUT2D eigenvalue weighted by atomic mass is 9.85. The molecule has 1 saturated carbocycles. The van der Waals surface area contributed by atoms with Gasteiger partial charge < -0.3 is 15.3 Å². The Balaban J connectivity index is 2.03. The molecule has 21 heavy (non-hydrogen) atoms. The van der Waals surface area contributed by atoms with Crippen LogP contribution in [0.15, 0.2) is 22.7 Å². The van der Waals surface area contributed by atoms with Crippen molar-refractivity contribution >= 4 is 33.6 Å². The number of carboxylic acids is 1. The van der Waals surface area contributed by atoms with Gasteiger partial charge in [0.15, 0.2) is 0 Å². The average Bonchev–Trinajstić information content (AvgIpc) is 2.39. The van der Waals surface area contributed by atoms with Gasteiger partial charge in [0.2, 0.25) is 0 Å². The fraction of sp³-hybridized carbons (Fsp3) is 0.467. The van der Waals surface area contributed by atoms with E-state index in [1.165, 1.54) is 25.3 Å². The van der Waals surface area contributed by atoms with Crippen molar-refractivity contribution in [1.29, 1.82) is 0 Å². The zero-order chi connectivity index (χ0) is 15.4. The van der Waals surface area contributed by atoms with Gasteiger partial charge >= 0.3 is 12.0 Å². The molecule has 1 fully saturated rings. The normalized spacial score (nSPS) is 14.4. The number of rotatable bonds is 5. The van der Waals surface area contributed by atoms with E-state index in [0.29, 0.717) is 22.6 Å². The minimum Gasteiger partial charge on any atom is -0.478 e. The van der Waals surface area contributed by atoms with Crippen molar-refractivity contribution in [2.45, 2.75) is 26.2 Å². The van der Waals surface area contributed by atoms with E-state index in [1.54, 1.807) is 17.0 Å². The predicted molar refractivity (Wildman–Crippen MR) is 84.7 cm³/mol. The van der Waals surface area contributed by atoms with Crippen molar-refractivity contribution in [3.8, 4) is 0 Å². The third-order valence-electron chi connectivity index (χ3n) is 3.82. The second-order valence-corrected chi connectivity index (χ2v) is 6.12. The van der Waals surface area contributed by atoms with Crippen LogP contribution in [0.5, 0.6) is 0 Å². The number of hydrogen-bond donors (Lipinski definition) is 2. The lowest BCUT2D eigenvalue weighted by molar-refractivity contribution is 0.0696. The number of urea groups is 1. The zero-order valence-electron chi connectivity index (χ0n) is 11.9. The Hall–Kier alpha value is -1.56. The molecular formula is C15H19BrN2O3. The number of hydrogen-bond acceptors (Lipinski definition) is 2. The molecule has 0 unspecified atom stereocenters. The SMILES string of the molecule is CCN(CC1CCC1)C(=O)Nc1ccc(Br)c(C(=O)O)c1. The summed E-state index contributed by atoms with van der Waals surface area (Å²) in [5.41, 5.74) is 0.627. The Kier molecular flexibility index (Phi) is 5.22. The molecule has 2 amide bonds. The molecule has 1 aromatic carbocycles. The van der Waals surface area contributed by atoms with Crippen LogP contribution in [0.1, 0.15) is 36.5 Å². The van der Waals surface area contributed by atoms with Gasteiger partial charge in [-0.25, -0.2) is 9.59 Å². The van der Waals surface area contributed by atoms with Crippen LogP contribution in [0, 0.1) is 5.92 Å². The highest BCUT2D eigenvalue weighted by Crippen LogP contribution is 2.27. The standard InChI is InChI=1S/C15H19BrN2O3/c1-2-18(9-10-4-3-5-10)15(21)17-11-6-7-13(16)12(8-11)14(19)20/h6-8,10H,2-5,9H2,1H3,(H,17,21)(H,19,20). The summed E-state index contributed by atoms with van der Waals surface area (Å²) in [7, 11) is 0. The van der Waals surface area contributed by atoms with Gasteiger partial charge in [0.1, 0.15) is 0 Å². The molecule has 1 aromatic rings. The first kappa shape index (κ1) is 15.8. The van der Waals surface area contributed by atoms with Gasteiger partial charge in [0.25, 0.3) is 0 Å². The van der Waals surface area contributed by atoms with Crippen LogP contribution < -0.4 is 5.32 Å². The molecule has 0 spiro atoms. The number of halogens is 1. The van der Waals surface area contributed by atoms with Gasteiger partial charge in [0.05, 0.1) is 5.56 Å². The van der Waals surface area contributed by atoms with Crippen molar-refractivity contribution in [2.75, 3.05) is 18.4 Å². The molecule has 2 N–H and O–H groups in total. The molecule has 114 valence electrons. The maximum atomic E-state index is 12.2. The first-order valence-electron chi connectivity index (χ1n) is 7.10. The van der Waals surface area contributed by atoms with Crippen LogP contribution in [0.25, 0.3) is 0 Å². The van der Waals surface area contributed by atoms with Crippen molar-refractivity contribution in [1.82, 2.24) is 4.90 Å². The Labute approximate surface area is 132 Å². The largest absolute Gasteiger partial charge is 0.478 e. The molecule has 0 aromatic heterocycles. The highest BCUT2D eigenvalue weighted by Gasteiger charge is 2.23. The van der Waals surface area contributed by atoms with E-state index in [2.05, 4.69) is 21.2 Å². The number of carboxylic acid groups (broad SMARTS) is 1. The van der Waals surface area contributed by atoms with Crippen LogP contribution in [-0.2, 0) is 0 Å². The number of carbonyl (C=O) groups excluding carboxylic acids is 1. The number of nitrogens with one attached hydrogen (secondary N) is 1. The Morgan fingerprint density at radius 1 is 1.43 bits per heavy atom. The smallest absolute Gasteiger partial charge is 0.336 e. The highest BCUT2D eigenvalue weighted by atomic mass is 79.9. The third kappa shape index (κ3) is 3.97. The average molecular weight is 355 g/mol. The van der Waals surface area contributed by atoms with E-state index in [4.69, 9.17) is 5.11 Å². The van der Waals surface area contributed by atoms with Gasteiger partial charge in [0, 0.05) is 23.2 Å². The van der Waals surface area contributed by atoms with Crippen LogP contribution >= 0.6 is 15.9 Å². The maximum Gasteiger partial charge on any atom is 0.336 e. The Bertz CT molecular complexity index is 544. The molecule has 1 aliphatic carbocycles. The van der Waals surface area contributed by atoms with Gasteiger partial charge in [-0.1, -0.05) is 6.42 Å². The van der Waals surface area contributed by atoms with Crippen molar-refractivity contribution in [3.05, 3.63) is 28.2 Å². The first-order chi connectivity index (χ1) is 10.0. The summed E-state index contributed by atoms with van der Waals surface area (Å²) in [6.07, 6.45) is 3.62. The monoisotopic (exact) mass is 354 g/mol. The van der Waals surface area contributed by atoms with E-state index in [0.717, 1.165) is 6.54 Å². The van der Waals surface area contributed by atoms with Gasteiger partial charge in [-0.3, -0.25) is 0 Å². The lowest BCUT2D eigenvalue weighted by Crippen LogP contribution is -2.39. The summed E-state index contributed by atoms with van der Waals surface area (Å²) in [5.74, 6) is -0.421. The summed E-state index contributed by atoms with van der Waals surface area (Å²) in [4.78, 5) is 25.1. The van der Waals surface area contributed by atoms with Crippen molar-refractivity contribution in [2.24, 2.45) is 5.92 Å². The second kappa shape index (κ2) is 6.93. The number of amides is 2. The summed E-state index contributed by atoms with van der Waals surface area (Å²) >= 11 is 3.19. The summed E-state index contributed by atoms with van der Waals surface area (Å²) in [6, 6.07) is 4.59. The summed E-state index contributed by atoms with van der Waals surface area (Å²) in [6.45, 7) is 3.36. The minimum absolute atomic E-state index is 0.134. The fourth-order valence-corrected chi connectivity index (χ4v) is 2.73. The molecule has 1 aliphatic rings. The predicted octanol–water partition coefficient (Wildman–Crippen LogP) is 3.80. The van der Waals surface area contributed by atoms with E-state index in [1.807, 2.05) is 6.92 Å². The third-order valence-corrected chi connectivity index (χ3v) is 4.51. The zero-order valence-corrected chi connectivity index (χ0v) is 13.5. The number of anilines is 1. The van der Waals surface area contributed by atoms with E-state index >= 15 is 0 Å². The molecule has 0 heterocycles. The van der Waals surface area contributed by atoms with Crippen LogP contribution in [0.3, 0.4) is 0 Å². The molecule has 0 aliphatic heterocycles. The number of carbonyl (C=O) groups is 2. The fourth-order valence-electron chi connectivity index (χ4n) is 2.31. The van der Waals surface area contributed by atoms with Gasteiger partial charge in [-0.05, 0) is 59.8 Å². The molecule has 5 nitrogen and oxygen atoms in total. The molecule has 0 radical (unpaired) electrons. The van der Waals surface area contributed by atoms with Crippen LogP contribution in [0.2, 0.25) is 0 Å². The summed E-state index contributed by atoms with van der Waals surface area (Å²) in [5, 5.41) is 11.9. The highest BCUT2D eigenvalue weighted by molar-refractivity contribution is 9.10. The number of aromatic carboxylic acids is 1. The van der Waals surface area contributed by atoms with E-state index in [-0.39, 0.29) is 11.6 Å². The number of benzene rings is 1. The topological polar surface area (TPSA) is 69.6 Å². The van der Waals surface area contributed by atoms with E-state index < -0.39 is 5.97 Å². The summed E-state index contributed by atoms with van der Waals surface area (Å²) < 4.78 is 0.495. The van der Waals surface area contributed by atoms with Gasteiger partial charge in [-0.15, -0.1) is 0 Å². The minimum atomic E-state index is -1.03. The quantitative estimate of drug-likeness (QED) is 0.844. The van der Waals surface area contributed by atoms with Crippen molar-refractivity contribution in [3.63, 3.8) is 0 Å². The first-order valence-corrected chi connectivity index (χ1v) is 7.89. The molecule has 6 heteroatoms. The molecule has 2 rings (SSSR count). The molecule has 0 atom stereocenters. The Morgan fingerprint density at radius 2 is 2.14 bits per heavy atom. The molecule has 0 bridgehead atoms. The van der Waals surface area contributed by atoms with Gasteiger partial charge in [-0.2, -0.15) is 0 Å². The lowest BCUT2D eigenvalue weighted by Gasteiger charge is -2.31. The van der Waals surface area contributed by atoms with Crippen molar-refractivity contribution < 1.29 is 14.7 Å².